The summed E-state index contributed by atoms with van der Waals surface area (Å²) in [6.07, 6.45) is 22.2. The molecule has 0 fully saturated rings. The standard InChI is InChI=1S/C23H49ClNO/c1-4-5-6-7-8-9-10-11-12-13-14-15-16-17-18-19-20-25(3,22-24)21-23(2)26/h23,26H,4-22H2,1-3H3/q+1. The van der Waals surface area contributed by atoms with Crippen molar-refractivity contribution in [3.63, 3.8) is 0 Å². The third kappa shape index (κ3) is 17.6. The summed E-state index contributed by atoms with van der Waals surface area (Å²) in [5.74, 6) is 0. The number of hydrogen-bond acceptors (Lipinski definition) is 1. The minimum atomic E-state index is -0.264. The number of aliphatic hydroxyl groups excluding tert-OH is 1. The maximum absolute atomic E-state index is 9.58. The van der Waals surface area contributed by atoms with Gasteiger partial charge in [0.2, 0.25) is 0 Å². The van der Waals surface area contributed by atoms with Crippen LogP contribution in [0.3, 0.4) is 0 Å². The summed E-state index contributed by atoms with van der Waals surface area (Å²) in [5.41, 5.74) is 0. The first-order valence-electron chi connectivity index (χ1n) is 11.6. The fourth-order valence-corrected chi connectivity index (χ4v) is 4.10. The van der Waals surface area contributed by atoms with Crippen LogP contribution in [-0.2, 0) is 0 Å². The number of nitrogens with zero attached hydrogens (tertiary/aromatic N) is 1. The van der Waals surface area contributed by atoms with Crippen molar-refractivity contribution in [1.29, 1.82) is 0 Å². The van der Waals surface area contributed by atoms with Gasteiger partial charge in [-0.05, 0) is 19.8 Å². The first-order valence-corrected chi connectivity index (χ1v) is 12.1. The van der Waals surface area contributed by atoms with Gasteiger partial charge >= 0.3 is 0 Å². The van der Waals surface area contributed by atoms with Crippen molar-refractivity contribution >= 4 is 11.6 Å². The Balaban J connectivity index is 3.26. The summed E-state index contributed by atoms with van der Waals surface area (Å²) in [5, 5.41) is 9.58. The Kier molecular flexibility index (Phi) is 18.7. The van der Waals surface area contributed by atoms with Crippen LogP contribution < -0.4 is 0 Å². The van der Waals surface area contributed by atoms with Crippen molar-refractivity contribution in [2.75, 3.05) is 26.1 Å². The van der Waals surface area contributed by atoms with Gasteiger partial charge in [0.15, 0.2) is 6.00 Å². The summed E-state index contributed by atoms with van der Waals surface area (Å²) in [6, 6.07) is 0.601. The van der Waals surface area contributed by atoms with Crippen molar-refractivity contribution < 1.29 is 9.59 Å². The first kappa shape index (κ1) is 26.2. The van der Waals surface area contributed by atoms with E-state index in [1.165, 1.54) is 103 Å². The Hall–Kier alpha value is 0.210. The summed E-state index contributed by atoms with van der Waals surface area (Å²) in [7, 11) is 2.16. The fraction of sp³-hybridized carbons (Fsp3) is 1.00. The molecule has 2 unspecified atom stereocenters. The summed E-state index contributed by atoms with van der Waals surface area (Å²) >= 11 is 6.08. The Morgan fingerprint density at radius 1 is 0.692 bits per heavy atom. The summed E-state index contributed by atoms with van der Waals surface area (Å²) in [4.78, 5) is 0. The van der Waals surface area contributed by atoms with E-state index < -0.39 is 0 Å². The molecule has 0 aliphatic carbocycles. The molecular formula is C23H49ClNO+. The number of rotatable bonds is 20. The van der Waals surface area contributed by atoms with Gasteiger partial charge in [0.25, 0.3) is 0 Å². The molecule has 0 rings (SSSR count). The van der Waals surface area contributed by atoms with E-state index >= 15 is 0 Å². The zero-order valence-corrected chi connectivity index (χ0v) is 19.0. The lowest BCUT2D eigenvalue weighted by molar-refractivity contribution is -0.901. The lowest BCUT2D eigenvalue weighted by atomic mass is 10.0. The molecule has 158 valence electrons. The molecule has 0 aromatic carbocycles. The van der Waals surface area contributed by atoms with Gasteiger partial charge in [0, 0.05) is 0 Å². The van der Waals surface area contributed by atoms with Crippen molar-refractivity contribution in [3.8, 4) is 0 Å². The van der Waals surface area contributed by atoms with E-state index in [2.05, 4.69) is 14.0 Å². The molecule has 0 aliphatic rings. The molecule has 2 nitrogen and oxygen atoms in total. The number of halogens is 1. The van der Waals surface area contributed by atoms with Crippen LogP contribution in [0.5, 0.6) is 0 Å². The lowest BCUT2D eigenvalue weighted by Gasteiger charge is -2.33. The lowest BCUT2D eigenvalue weighted by Crippen LogP contribution is -2.48. The van der Waals surface area contributed by atoms with Gasteiger partial charge < -0.3 is 9.59 Å². The van der Waals surface area contributed by atoms with Crippen LogP contribution in [0.25, 0.3) is 0 Å². The van der Waals surface area contributed by atoms with E-state index in [4.69, 9.17) is 11.6 Å². The third-order valence-corrected chi connectivity index (χ3v) is 6.12. The molecule has 26 heavy (non-hydrogen) atoms. The Bertz CT molecular complexity index is 285. The van der Waals surface area contributed by atoms with Gasteiger partial charge in [-0.15, -0.1) is 0 Å². The topological polar surface area (TPSA) is 20.2 Å². The monoisotopic (exact) mass is 390 g/mol. The quantitative estimate of drug-likeness (QED) is 0.100. The van der Waals surface area contributed by atoms with E-state index in [1.807, 2.05) is 6.92 Å². The maximum atomic E-state index is 9.58. The van der Waals surface area contributed by atoms with Gasteiger partial charge in [0.1, 0.15) is 12.6 Å². The fourth-order valence-electron chi connectivity index (χ4n) is 3.88. The number of unbranched alkanes of at least 4 members (excludes halogenated alkanes) is 15. The maximum Gasteiger partial charge on any atom is 0.154 e. The van der Waals surface area contributed by atoms with Crippen LogP contribution in [0.4, 0.5) is 0 Å². The average Bonchev–Trinajstić information content (AvgIpc) is 2.60. The predicted octanol–water partition coefficient (Wildman–Crippen LogP) is 7.27. The van der Waals surface area contributed by atoms with Crippen molar-refractivity contribution in [2.24, 2.45) is 0 Å². The number of hydrogen-bond donors (Lipinski definition) is 1. The highest BCUT2D eigenvalue weighted by Crippen LogP contribution is 2.15. The van der Waals surface area contributed by atoms with Crippen molar-refractivity contribution in [1.82, 2.24) is 0 Å². The molecule has 0 amide bonds. The molecule has 1 N–H and O–H groups in total. The summed E-state index contributed by atoms with van der Waals surface area (Å²) < 4.78 is 0.790. The molecule has 0 saturated carbocycles. The molecule has 0 bridgehead atoms. The van der Waals surface area contributed by atoms with E-state index in [0.717, 1.165) is 17.6 Å². The van der Waals surface area contributed by atoms with Crippen molar-refractivity contribution in [3.05, 3.63) is 0 Å². The zero-order chi connectivity index (χ0) is 19.5. The Morgan fingerprint density at radius 2 is 1.04 bits per heavy atom. The highest BCUT2D eigenvalue weighted by Gasteiger charge is 2.21. The van der Waals surface area contributed by atoms with Gasteiger partial charge in [0.05, 0.1) is 13.6 Å². The molecule has 0 aromatic heterocycles. The van der Waals surface area contributed by atoms with Gasteiger partial charge in [-0.3, -0.25) is 0 Å². The van der Waals surface area contributed by atoms with Crippen LogP contribution in [0, 0.1) is 0 Å². The number of alkyl halides is 1. The zero-order valence-electron chi connectivity index (χ0n) is 18.3. The molecular weight excluding hydrogens is 342 g/mol. The minimum Gasteiger partial charge on any atom is -0.388 e. The molecule has 3 heteroatoms. The smallest absolute Gasteiger partial charge is 0.154 e. The van der Waals surface area contributed by atoms with E-state index in [9.17, 15) is 5.11 Å². The Morgan fingerprint density at radius 3 is 1.35 bits per heavy atom. The molecule has 0 aromatic rings. The second-order valence-corrected chi connectivity index (χ2v) is 9.04. The van der Waals surface area contributed by atoms with Crippen LogP contribution in [0.2, 0.25) is 0 Å². The molecule has 2 atom stereocenters. The highest BCUT2D eigenvalue weighted by atomic mass is 35.5. The highest BCUT2D eigenvalue weighted by molar-refractivity contribution is 6.16. The van der Waals surface area contributed by atoms with Crippen LogP contribution in [0.1, 0.15) is 117 Å². The van der Waals surface area contributed by atoms with E-state index in [-0.39, 0.29) is 6.10 Å². The van der Waals surface area contributed by atoms with E-state index in [1.54, 1.807) is 0 Å². The van der Waals surface area contributed by atoms with Gasteiger partial charge in [-0.25, -0.2) is 0 Å². The van der Waals surface area contributed by atoms with Crippen molar-refractivity contribution in [2.45, 2.75) is 123 Å². The van der Waals surface area contributed by atoms with Crippen LogP contribution in [0.15, 0.2) is 0 Å². The van der Waals surface area contributed by atoms with Gasteiger partial charge in [-0.2, -0.15) is 0 Å². The molecule has 0 saturated heterocycles. The average molecular weight is 391 g/mol. The second kappa shape index (κ2) is 18.6. The van der Waals surface area contributed by atoms with Gasteiger partial charge in [-0.1, -0.05) is 108 Å². The van der Waals surface area contributed by atoms with E-state index in [0.29, 0.717) is 6.00 Å². The SMILES string of the molecule is CCCCCCCCCCCCCCCCCC[N+](C)(CCl)CC(C)O. The predicted molar refractivity (Wildman–Crippen MR) is 118 cm³/mol. The largest absolute Gasteiger partial charge is 0.388 e. The summed E-state index contributed by atoms with van der Waals surface area (Å²) in [6.45, 7) is 6.00. The molecule has 0 heterocycles. The van der Waals surface area contributed by atoms with Crippen LogP contribution >= 0.6 is 11.6 Å². The molecule has 0 aliphatic heterocycles. The second-order valence-electron chi connectivity index (χ2n) is 8.80. The third-order valence-electron chi connectivity index (χ3n) is 5.55. The number of quaternary nitrogens is 1. The van der Waals surface area contributed by atoms with Crippen LogP contribution in [-0.4, -0.2) is 41.8 Å². The first-order chi connectivity index (χ1) is 12.5. The number of likely N-dealkylation sites (N-methyl/N-ethyl adjacent to an activating group) is 1. The minimum absolute atomic E-state index is 0.264. The molecule has 0 spiro atoms. The molecule has 0 radical (unpaired) electrons. The normalized spacial score (nSPS) is 15.1. The number of aliphatic hydroxyl groups is 1. The Labute approximate surface area is 170 Å².